The maximum Gasteiger partial charge on any atom is 0.387 e. The summed E-state index contributed by atoms with van der Waals surface area (Å²) in [6.07, 6.45) is 2.46. The lowest BCUT2D eigenvalue weighted by Crippen LogP contribution is -2.39. The van der Waals surface area contributed by atoms with E-state index in [0.717, 1.165) is 5.56 Å². The van der Waals surface area contributed by atoms with Crippen molar-refractivity contribution in [3.05, 3.63) is 53.9 Å². The highest BCUT2D eigenvalue weighted by atomic mass is 19.3. The van der Waals surface area contributed by atoms with Crippen LogP contribution in [0.3, 0.4) is 0 Å². The van der Waals surface area contributed by atoms with Gasteiger partial charge < -0.3 is 25.2 Å². The van der Waals surface area contributed by atoms with Gasteiger partial charge in [0.25, 0.3) is 0 Å². The van der Waals surface area contributed by atoms with Crippen LogP contribution in [0.2, 0.25) is 0 Å². The van der Waals surface area contributed by atoms with E-state index in [9.17, 15) is 13.9 Å². The number of hydrogen-bond donors (Lipinski definition) is 3. The van der Waals surface area contributed by atoms with Crippen LogP contribution in [0.4, 0.5) is 8.78 Å². The number of nitrogens with zero attached hydrogens (tertiary/aromatic N) is 2. The van der Waals surface area contributed by atoms with Gasteiger partial charge in [0.05, 0.1) is 19.8 Å². The number of nitrogens with one attached hydrogen (secondary N) is 2. The summed E-state index contributed by atoms with van der Waals surface area (Å²) in [4.78, 5) is 8.30. The predicted octanol–water partition coefficient (Wildman–Crippen LogP) is 2.48. The molecule has 0 aliphatic carbocycles. The molecule has 3 N–H and O–H groups in total. The highest BCUT2D eigenvalue weighted by Gasteiger charge is 2.12. The second-order valence-electron chi connectivity index (χ2n) is 5.72. The molecule has 28 heavy (non-hydrogen) atoms. The van der Waals surface area contributed by atoms with Gasteiger partial charge >= 0.3 is 6.61 Å². The van der Waals surface area contributed by atoms with E-state index in [4.69, 9.17) is 4.74 Å². The SMILES string of the molecule is CCNC(=NCc1cc(OC)ccc1OC(F)F)NCC(O)c1ccncc1. The minimum absolute atomic E-state index is 0.0345. The molecule has 1 atom stereocenters. The highest BCUT2D eigenvalue weighted by molar-refractivity contribution is 5.79. The fourth-order valence-electron chi connectivity index (χ4n) is 2.42. The normalized spacial score (nSPS) is 12.6. The molecule has 0 bridgehead atoms. The first-order valence-electron chi connectivity index (χ1n) is 8.75. The van der Waals surface area contributed by atoms with Crippen LogP contribution in [-0.2, 0) is 6.54 Å². The molecule has 0 saturated heterocycles. The van der Waals surface area contributed by atoms with Gasteiger partial charge in [-0.15, -0.1) is 0 Å². The number of rotatable bonds is 9. The van der Waals surface area contributed by atoms with E-state index in [2.05, 4.69) is 25.3 Å². The molecule has 0 spiro atoms. The molecule has 2 rings (SSSR count). The third-order valence-corrected chi connectivity index (χ3v) is 3.79. The Bertz CT molecular complexity index is 760. The van der Waals surface area contributed by atoms with Gasteiger partial charge in [-0.25, -0.2) is 4.99 Å². The van der Waals surface area contributed by atoms with Crippen molar-refractivity contribution in [2.24, 2.45) is 4.99 Å². The van der Waals surface area contributed by atoms with Crippen LogP contribution in [0.5, 0.6) is 11.5 Å². The van der Waals surface area contributed by atoms with Gasteiger partial charge in [0.2, 0.25) is 0 Å². The molecule has 0 saturated carbocycles. The Labute approximate surface area is 162 Å². The van der Waals surface area contributed by atoms with E-state index in [1.54, 1.807) is 36.7 Å². The van der Waals surface area contributed by atoms with Crippen molar-refractivity contribution in [2.75, 3.05) is 20.2 Å². The monoisotopic (exact) mass is 394 g/mol. The van der Waals surface area contributed by atoms with Crippen molar-refractivity contribution < 1.29 is 23.4 Å². The number of pyridine rings is 1. The summed E-state index contributed by atoms with van der Waals surface area (Å²) < 4.78 is 34.9. The van der Waals surface area contributed by atoms with Crippen LogP contribution in [0, 0.1) is 0 Å². The Hall–Kier alpha value is -2.94. The molecule has 0 fully saturated rings. The molecular weight excluding hydrogens is 370 g/mol. The lowest BCUT2D eigenvalue weighted by molar-refractivity contribution is -0.0504. The first-order chi connectivity index (χ1) is 13.5. The quantitative estimate of drug-likeness (QED) is 0.447. The van der Waals surface area contributed by atoms with Gasteiger partial charge in [-0.3, -0.25) is 4.98 Å². The summed E-state index contributed by atoms with van der Waals surface area (Å²) in [5, 5.41) is 16.3. The minimum atomic E-state index is -2.93. The number of ether oxygens (including phenoxy) is 2. The van der Waals surface area contributed by atoms with Crippen LogP contribution in [0.15, 0.2) is 47.7 Å². The van der Waals surface area contributed by atoms with Gasteiger partial charge in [0.15, 0.2) is 5.96 Å². The fraction of sp³-hybridized carbons (Fsp3) is 0.368. The second kappa shape index (κ2) is 11.0. The molecule has 9 heteroatoms. The standard InChI is InChI=1S/C19H24F2N4O3/c1-3-23-19(25-12-16(26)13-6-8-22-9-7-13)24-11-14-10-15(27-2)4-5-17(14)28-18(20)21/h4-10,16,18,26H,3,11-12H2,1-2H3,(H2,23,24,25). The Morgan fingerprint density at radius 1 is 1.21 bits per heavy atom. The zero-order valence-electron chi connectivity index (χ0n) is 15.7. The topological polar surface area (TPSA) is 88.0 Å². The molecule has 0 amide bonds. The van der Waals surface area contributed by atoms with Crippen LogP contribution in [-0.4, -0.2) is 42.9 Å². The molecule has 0 aliphatic rings. The molecule has 0 radical (unpaired) electrons. The first-order valence-corrected chi connectivity index (χ1v) is 8.75. The van der Waals surface area contributed by atoms with Gasteiger partial charge in [-0.1, -0.05) is 0 Å². The predicted molar refractivity (Wildman–Crippen MR) is 102 cm³/mol. The molecule has 1 heterocycles. The number of aliphatic imine (C=N–C) groups is 1. The number of aromatic nitrogens is 1. The van der Waals surface area contributed by atoms with Gasteiger partial charge in [0, 0.05) is 31.0 Å². The lowest BCUT2D eigenvalue weighted by atomic mass is 10.1. The van der Waals surface area contributed by atoms with E-state index in [1.807, 2.05) is 6.92 Å². The van der Waals surface area contributed by atoms with Crippen molar-refractivity contribution in [1.82, 2.24) is 15.6 Å². The maximum atomic E-state index is 12.6. The number of guanidine groups is 1. The number of aliphatic hydroxyl groups excluding tert-OH is 1. The summed E-state index contributed by atoms with van der Waals surface area (Å²) in [6, 6.07) is 8.00. The third kappa shape index (κ3) is 6.66. The summed E-state index contributed by atoms with van der Waals surface area (Å²) in [5.41, 5.74) is 1.17. The van der Waals surface area contributed by atoms with E-state index >= 15 is 0 Å². The number of methoxy groups -OCH3 is 1. The Morgan fingerprint density at radius 3 is 2.61 bits per heavy atom. The Kier molecular flexibility index (Phi) is 8.41. The second-order valence-corrected chi connectivity index (χ2v) is 5.72. The molecular formula is C19H24F2N4O3. The number of benzene rings is 1. The number of aliphatic hydroxyl groups is 1. The summed E-state index contributed by atoms with van der Waals surface area (Å²) in [6.45, 7) is -0.143. The molecule has 7 nitrogen and oxygen atoms in total. The van der Waals surface area contributed by atoms with E-state index in [0.29, 0.717) is 23.8 Å². The molecule has 1 aromatic heterocycles. The number of hydrogen-bond acceptors (Lipinski definition) is 5. The van der Waals surface area contributed by atoms with E-state index < -0.39 is 12.7 Å². The van der Waals surface area contributed by atoms with Gasteiger partial charge in [-0.05, 0) is 42.8 Å². The summed E-state index contributed by atoms with van der Waals surface area (Å²) in [7, 11) is 1.49. The summed E-state index contributed by atoms with van der Waals surface area (Å²) in [5.74, 6) is 0.978. The Balaban J connectivity index is 2.09. The van der Waals surface area contributed by atoms with Gasteiger partial charge in [0.1, 0.15) is 11.5 Å². The van der Waals surface area contributed by atoms with E-state index in [-0.39, 0.29) is 18.8 Å². The molecule has 2 aromatic rings. The van der Waals surface area contributed by atoms with Crippen LogP contribution >= 0.6 is 0 Å². The first kappa shape index (κ1) is 21.4. The molecule has 152 valence electrons. The molecule has 0 aliphatic heterocycles. The van der Waals surface area contributed by atoms with Crippen molar-refractivity contribution in [2.45, 2.75) is 26.2 Å². The van der Waals surface area contributed by atoms with Crippen LogP contribution in [0.1, 0.15) is 24.2 Å². The van der Waals surface area contributed by atoms with Crippen molar-refractivity contribution in [1.29, 1.82) is 0 Å². The molecule has 1 aromatic carbocycles. The third-order valence-electron chi connectivity index (χ3n) is 3.79. The van der Waals surface area contributed by atoms with Crippen LogP contribution in [0.25, 0.3) is 0 Å². The smallest absolute Gasteiger partial charge is 0.387 e. The van der Waals surface area contributed by atoms with Crippen molar-refractivity contribution >= 4 is 5.96 Å². The van der Waals surface area contributed by atoms with E-state index in [1.165, 1.54) is 13.2 Å². The average Bonchev–Trinajstić information content (AvgIpc) is 2.71. The zero-order valence-corrected chi connectivity index (χ0v) is 15.7. The maximum absolute atomic E-state index is 12.6. The summed E-state index contributed by atoms with van der Waals surface area (Å²) >= 11 is 0. The van der Waals surface area contributed by atoms with Crippen LogP contribution < -0.4 is 20.1 Å². The van der Waals surface area contributed by atoms with Gasteiger partial charge in [-0.2, -0.15) is 8.78 Å². The zero-order chi connectivity index (χ0) is 20.4. The minimum Gasteiger partial charge on any atom is -0.497 e. The van der Waals surface area contributed by atoms with Crippen molar-refractivity contribution in [3.8, 4) is 11.5 Å². The lowest BCUT2D eigenvalue weighted by Gasteiger charge is -2.16. The highest BCUT2D eigenvalue weighted by Crippen LogP contribution is 2.26. The molecule has 1 unspecified atom stereocenters. The fourth-order valence-corrected chi connectivity index (χ4v) is 2.42. The van der Waals surface area contributed by atoms with Crippen molar-refractivity contribution in [3.63, 3.8) is 0 Å². The average molecular weight is 394 g/mol. The number of halogens is 2. The number of alkyl halides is 2. The largest absolute Gasteiger partial charge is 0.497 e. The Morgan fingerprint density at radius 2 is 1.96 bits per heavy atom.